The molecule has 36 valence electrons. The molecular formula is C4H6ClNZn. The van der Waals surface area contributed by atoms with Crippen LogP contribution < -0.4 is 0 Å². The Balaban J connectivity index is 0. The van der Waals surface area contributed by atoms with Crippen LogP contribution >= 0.6 is 12.4 Å². The summed E-state index contributed by atoms with van der Waals surface area (Å²) in [7, 11) is 0. The zero-order chi connectivity index (χ0) is 3.54. The van der Waals surface area contributed by atoms with Gasteiger partial charge in [-0.25, -0.2) is 0 Å². The fourth-order valence-corrected chi connectivity index (χ4v) is 0.278. The number of H-pyrrole nitrogens is 1. The molecule has 0 spiro atoms. The first kappa shape index (κ1) is 10.2. The minimum absolute atomic E-state index is 0. The van der Waals surface area contributed by atoms with Crippen molar-refractivity contribution in [2.45, 2.75) is 0 Å². The molecule has 0 aliphatic carbocycles. The molecule has 7 heavy (non-hydrogen) atoms. The van der Waals surface area contributed by atoms with Crippen molar-refractivity contribution in [1.29, 1.82) is 0 Å². The van der Waals surface area contributed by atoms with E-state index in [-0.39, 0.29) is 31.9 Å². The molecule has 1 heterocycles. The number of rotatable bonds is 0. The number of aromatic nitrogens is 1. The third-order valence-corrected chi connectivity index (χ3v) is 0.496. The third-order valence-electron chi connectivity index (χ3n) is 0.496. The monoisotopic (exact) mass is 167 g/mol. The number of nitrogens with one attached hydrogen (secondary N) is 1. The second-order valence-corrected chi connectivity index (χ2v) is 0.885. The van der Waals surface area contributed by atoms with Gasteiger partial charge in [0.25, 0.3) is 0 Å². The summed E-state index contributed by atoms with van der Waals surface area (Å²) >= 11 is 0. The molecule has 0 radical (unpaired) electrons. The standard InChI is InChI=1S/C4H5N.ClH.Zn/c1-2-4-5-3-1;;/h1-5H;1H;. The van der Waals surface area contributed by atoms with Crippen LogP contribution in [0.2, 0.25) is 0 Å². The SMILES string of the molecule is Cl.[Zn].c1cc[nH]c1. The predicted octanol–water partition coefficient (Wildman–Crippen LogP) is 1.43. The largest absolute Gasteiger partial charge is 0.368 e. The summed E-state index contributed by atoms with van der Waals surface area (Å²) in [6, 6.07) is 3.89. The van der Waals surface area contributed by atoms with Crippen LogP contribution in [-0.2, 0) is 19.5 Å². The molecule has 0 saturated carbocycles. The van der Waals surface area contributed by atoms with Crippen LogP contribution in [-0.4, -0.2) is 4.98 Å². The smallest absolute Gasteiger partial charge is 0.000496 e. The molecular weight excluding hydrogens is 163 g/mol. The van der Waals surface area contributed by atoms with Gasteiger partial charge in [-0.2, -0.15) is 0 Å². The Morgan fingerprint density at radius 2 is 1.43 bits per heavy atom. The summed E-state index contributed by atoms with van der Waals surface area (Å²) < 4.78 is 0. The topological polar surface area (TPSA) is 15.8 Å². The van der Waals surface area contributed by atoms with Gasteiger partial charge in [0.05, 0.1) is 0 Å². The van der Waals surface area contributed by atoms with Crippen LogP contribution in [0.15, 0.2) is 24.5 Å². The number of hydrogen-bond donors (Lipinski definition) is 1. The first-order chi connectivity index (χ1) is 2.50. The van der Waals surface area contributed by atoms with Crippen molar-refractivity contribution in [3.63, 3.8) is 0 Å². The molecule has 1 nitrogen and oxygen atoms in total. The van der Waals surface area contributed by atoms with Crippen molar-refractivity contribution >= 4 is 12.4 Å². The van der Waals surface area contributed by atoms with Crippen molar-refractivity contribution in [2.24, 2.45) is 0 Å². The molecule has 1 N–H and O–H groups in total. The van der Waals surface area contributed by atoms with Gasteiger partial charge in [0.1, 0.15) is 0 Å². The summed E-state index contributed by atoms with van der Waals surface area (Å²) in [4.78, 5) is 2.86. The molecule has 1 aromatic rings. The van der Waals surface area contributed by atoms with Gasteiger partial charge in [0.2, 0.25) is 0 Å². The molecule has 0 fully saturated rings. The molecule has 0 aliphatic rings. The van der Waals surface area contributed by atoms with Crippen LogP contribution in [0.1, 0.15) is 0 Å². The fraction of sp³-hybridized carbons (Fsp3) is 0. The average Bonchev–Trinajstić information content (AvgIpc) is 1.76. The van der Waals surface area contributed by atoms with Gasteiger partial charge < -0.3 is 4.98 Å². The van der Waals surface area contributed by atoms with Gasteiger partial charge in [0.15, 0.2) is 0 Å². The van der Waals surface area contributed by atoms with Gasteiger partial charge in [0, 0.05) is 31.9 Å². The van der Waals surface area contributed by atoms with E-state index in [1.54, 1.807) is 0 Å². The van der Waals surface area contributed by atoms with Crippen LogP contribution in [0.4, 0.5) is 0 Å². The Bertz CT molecular complexity index is 68.2. The van der Waals surface area contributed by atoms with Gasteiger partial charge >= 0.3 is 0 Å². The van der Waals surface area contributed by atoms with Crippen molar-refractivity contribution in [2.75, 3.05) is 0 Å². The molecule has 0 aliphatic heterocycles. The van der Waals surface area contributed by atoms with Crippen molar-refractivity contribution in [3.05, 3.63) is 24.5 Å². The molecule has 0 amide bonds. The van der Waals surface area contributed by atoms with Crippen LogP contribution in [0.3, 0.4) is 0 Å². The second kappa shape index (κ2) is 6.19. The quantitative estimate of drug-likeness (QED) is 0.565. The molecule has 1 rings (SSSR count). The Morgan fingerprint density at radius 1 is 1.00 bits per heavy atom. The van der Waals surface area contributed by atoms with Crippen molar-refractivity contribution in [3.8, 4) is 0 Å². The van der Waals surface area contributed by atoms with Gasteiger partial charge in [-0.15, -0.1) is 12.4 Å². The Kier molecular flexibility index (Phi) is 9.05. The zero-order valence-corrected chi connectivity index (χ0v) is 7.71. The maximum absolute atomic E-state index is 2.86. The number of hydrogen-bond acceptors (Lipinski definition) is 0. The number of halogens is 1. The van der Waals surface area contributed by atoms with Gasteiger partial charge in [-0.3, -0.25) is 0 Å². The van der Waals surface area contributed by atoms with Crippen molar-refractivity contribution < 1.29 is 19.5 Å². The molecule has 0 saturated heterocycles. The van der Waals surface area contributed by atoms with E-state index in [0.717, 1.165) is 0 Å². The molecule has 0 atom stereocenters. The van der Waals surface area contributed by atoms with E-state index in [9.17, 15) is 0 Å². The first-order valence-corrected chi connectivity index (χ1v) is 1.58. The zero-order valence-electron chi connectivity index (χ0n) is 3.92. The van der Waals surface area contributed by atoms with Crippen LogP contribution in [0.25, 0.3) is 0 Å². The molecule has 0 aromatic carbocycles. The van der Waals surface area contributed by atoms with E-state index in [0.29, 0.717) is 0 Å². The Labute approximate surface area is 61.7 Å². The maximum Gasteiger partial charge on any atom is 0.000496 e. The van der Waals surface area contributed by atoms with E-state index >= 15 is 0 Å². The van der Waals surface area contributed by atoms with Crippen LogP contribution in [0, 0.1) is 0 Å². The van der Waals surface area contributed by atoms with Gasteiger partial charge in [-0.1, -0.05) is 0 Å². The van der Waals surface area contributed by atoms with E-state index < -0.39 is 0 Å². The van der Waals surface area contributed by atoms with E-state index in [1.807, 2.05) is 24.5 Å². The van der Waals surface area contributed by atoms with E-state index in [4.69, 9.17) is 0 Å². The molecule has 1 aromatic heterocycles. The summed E-state index contributed by atoms with van der Waals surface area (Å²) in [5.74, 6) is 0. The Morgan fingerprint density at radius 3 is 1.57 bits per heavy atom. The average molecular weight is 169 g/mol. The normalized spacial score (nSPS) is 5.71. The van der Waals surface area contributed by atoms with Crippen molar-refractivity contribution in [1.82, 2.24) is 4.98 Å². The molecule has 3 heteroatoms. The van der Waals surface area contributed by atoms with E-state index in [1.165, 1.54) is 0 Å². The number of aromatic amines is 1. The summed E-state index contributed by atoms with van der Waals surface area (Å²) in [5.41, 5.74) is 0. The minimum Gasteiger partial charge on any atom is -0.368 e. The molecule has 0 unspecified atom stereocenters. The maximum atomic E-state index is 2.86. The predicted molar refractivity (Wildman–Crippen MR) is 28.0 cm³/mol. The summed E-state index contributed by atoms with van der Waals surface area (Å²) in [6.45, 7) is 0. The summed E-state index contributed by atoms with van der Waals surface area (Å²) in [5, 5.41) is 0. The van der Waals surface area contributed by atoms with Gasteiger partial charge in [-0.05, 0) is 12.1 Å². The first-order valence-electron chi connectivity index (χ1n) is 1.58. The second-order valence-electron chi connectivity index (χ2n) is 0.885. The Hall–Kier alpha value is 0.193. The van der Waals surface area contributed by atoms with E-state index in [2.05, 4.69) is 4.98 Å². The summed E-state index contributed by atoms with van der Waals surface area (Å²) in [6.07, 6.45) is 3.75. The fourth-order valence-electron chi connectivity index (χ4n) is 0.278. The minimum atomic E-state index is 0. The molecule has 0 bridgehead atoms. The third kappa shape index (κ3) is 4.04. The van der Waals surface area contributed by atoms with Crippen LogP contribution in [0.5, 0.6) is 0 Å².